The number of benzene rings is 2. The molecule has 2 aromatic carbocycles. The Labute approximate surface area is 326 Å². The third-order valence-electron chi connectivity index (χ3n) is 10.6. The summed E-state index contributed by atoms with van der Waals surface area (Å²) in [7, 11) is 0. The van der Waals surface area contributed by atoms with Crippen LogP contribution in [0, 0.1) is 5.92 Å². The van der Waals surface area contributed by atoms with Crippen LogP contribution in [-0.4, -0.2) is 62.7 Å². The minimum absolute atomic E-state index is 0.0226. The molecule has 2 fully saturated rings. The Morgan fingerprint density at radius 1 is 1.02 bits per heavy atom. The van der Waals surface area contributed by atoms with Crippen LogP contribution in [0.1, 0.15) is 74.7 Å². The maximum absolute atomic E-state index is 14.4. The molecule has 2 saturated heterocycles. The largest absolute Gasteiger partial charge is 0.494 e. The second-order valence-electron chi connectivity index (χ2n) is 14.6. The summed E-state index contributed by atoms with van der Waals surface area (Å²) in [5, 5.41) is 6.49. The number of pyridine rings is 1. The van der Waals surface area contributed by atoms with E-state index in [2.05, 4.69) is 20.6 Å². The summed E-state index contributed by atoms with van der Waals surface area (Å²) in [6.45, 7) is 1.20. The van der Waals surface area contributed by atoms with Gasteiger partial charge in [0.15, 0.2) is 12.0 Å². The smallest absolute Gasteiger partial charge is 0.417 e. The molecule has 5 aliphatic rings. The SMILES string of the molecule is O=C(CCCC[C@H]1SC[C@H]2NC(=O)CC21)NCCCCCOc1ccc(-c2ccc(Cn3ccc4nc(C5=C(F)C(F)CC=C5)nc-4c3)cc2)c(C(F)(F)F)c1. The van der Waals surface area contributed by atoms with E-state index in [4.69, 9.17) is 4.74 Å². The molecule has 14 heteroatoms. The quantitative estimate of drug-likeness (QED) is 0.0869. The number of nitrogens with zero attached hydrogens (tertiary/aromatic N) is 3. The van der Waals surface area contributed by atoms with E-state index in [1.54, 1.807) is 54.9 Å². The monoisotopic (exact) mass is 793 g/mol. The van der Waals surface area contributed by atoms with Gasteiger partial charge < -0.3 is 19.9 Å². The number of thioether (sulfide) groups is 1. The summed E-state index contributed by atoms with van der Waals surface area (Å²) >= 11 is 1.93. The number of hydrogen-bond acceptors (Lipinski definition) is 6. The van der Waals surface area contributed by atoms with Crippen LogP contribution in [0.25, 0.3) is 28.1 Å². The lowest BCUT2D eigenvalue weighted by atomic mass is 9.94. The van der Waals surface area contributed by atoms with Crippen LogP contribution in [-0.2, 0) is 22.3 Å². The number of fused-ring (bicyclic) bond motifs is 2. The van der Waals surface area contributed by atoms with E-state index in [9.17, 15) is 31.5 Å². The summed E-state index contributed by atoms with van der Waals surface area (Å²) in [6.07, 6.45) is 6.27. The number of alkyl halides is 4. The van der Waals surface area contributed by atoms with Gasteiger partial charge in [-0.25, -0.2) is 18.7 Å². The number of carbonyl (C=O) groups is 2. The molecule has 2 amide bonds. The maximum atomic E-state index is 14.4. The predicted octanol–water partition coefficient (Wildman–Crippen LogP) is 8.94. The maximum Gasteiger partial charge on any atom is 0.417 e. The molecule has 2 unspecified atom stereocenters. The highest BCUT2D eigenvalue weighted by Crippen LogP contribution is 2.41. The molecular formula is C42H44F5N5O3S. The zero-order chi connectivity index (χ0) is 39.2. The molecule has 4 aliphatic heterocycles. The topological polar surface area (TPSA) is 98.1 Å². The number of carbonyl (C=O) groups excluding carboxylic acids is 2. The van der Waals surface area contributed by atoms with Gasteiger partial charge in [-0.05, 0) is 67.0 Å². The highest BCUT2D eigenvalue weighted by Gasteiger charge is 2.42. The summed E-state index contributed by atoms with van der Waals surface area (Å²) in [5.74, 6) is 0.961. The molecule has 0 aromatic heterocycles. The van der Waals surface area contributed by atoms with E-state index in [0.29, 0.717) is 66.5 Å². The molecule has 0 radical (unpaired) electrons. The van der Waals surface area contributed by atoms with E-state index < -0.39 is 23.7 Å². The summed E-state index contributed by atoms with van der Waals surface area (Å²) in [6, 6.07) is 12.9. The first-order valence-corrected chi connectivity index (χ1v) is 20.2. The molecule has 8 nitrogen and oxygen atoms in total. The third-order valence-corrected chi connectivity index (χ3v) is 12.1. The predicted molar refractivity (Wildman–Crippen MR) is 206 cm³/mol. The molecule has 1 aliphatic carbocycles. The van der Waals surface area contributed by atoms with Gasteiger partial charge in [0.05, 0.1) is 23.4 Å². The zero-order valence-electron chi connectivity index (χ0n) is 30.8. The van der Waals surface area contributed by atoms with Gasteiger partial charge in [-0.15, -0.1) is 0 Å². The Kier molecular flexibility index (Phi) is 12.4. The summed E-state index contributed by atoms with van der Waals surface area (Å²) in [4.78, 5) is 32.6. The summed E-state index contributed by atoms with van der Waals surface area (Å²) in [5.41, 5.74) is 1.58. The minimum Gasteiger partial charge on any atom is -0.494 e. The molecule has 0 bridgehead atoms. The molecule has 2 aromatic rings. The van der Waals surface area contributed by atoms with Crippen LogP contribution in [0.2, 0.25) is 0 Å². The van der Waals surface area contributed by atoms with E-state index >= 15 is 0 Å². The van der Waals surface area contributed by atoms with Crippen LogP contribution in [0.4, 0.5) is 22.0 Å². The van der Waals surface area contributed by atoms with Gasteiger partial charge in [0.25, 0.3) is 0 Å². The zero-order valence-corrected chi connectivity index (χ0v) is 31.6. The van der Waals surface area contributed by atoms with Gasteiger partial charge in [-0.1, -0.05) is 48.9 Å². The van der Waals surface area contributed by atoms with E-state index in [0.717, 1.165) is 49.5 Å². The number of amides is 2. The standard InChI is InChI=1S/C42H44F5N5O3S/c43-33-8-6-7-30(40(33)44)41-50-34-17-19-52(24-35(34)51-41)23-26-11-13-27(14-12-26)29-16-15-28(21-32(29)42(45,46)47)55-20-5-1-4-18-48-38(53)10-3-2-9-37-31-22-39(54)49-36(31)25-56-37/h6-7,11-17,19,21,24,31,33,36-37H,1-5,8-10,18,20,22-23,25H2,(H,48,53)(H,49,54)/t31?,33?,36-,37-/m1/s1. The number of nitrogens with one attached hydrogen (secondary N) is 2. The van der Waals surface area contributed by atoms with Gasteiger partial charge in [-0.3, -0.25) is 9.59 Å². The lowest BCUT2D eigenvalue weighted by Crippen LogP contribution is -2.29. The van der Waals surface area contributed by atoms with E-state index in [1.807, 2.05) is 16.3 Å². The van der Waals surface area contributed by atoms with Gasteiger partial charge in [-0.2, -0.15) is 24.9 Å². The molecule has 0 saturated carbocycles. The molecule has 4 atom stereocenters. The Hall–Kier alpha value is -4.72. The number of ether oxygens (including phenoxy) is 1. The molecule has 4 heterocycles. The third kappa shape index (κ3) is 9.62. The van der Waals surface area contributed by atoms with Gasteiger partial charge >= 0.3 is 6.18 Å². The van der Waals surface area contributed by atoms with Gasteiger partial charge in [0.2, 0.25) is 11.8 Å². The van der Waals surface area contributed by atoms with Crippen molar-refractivity contribution in [2.75, 3.05) is 18.9 Å². The Bertz CT molecular complexity index is 2050. The van der Waals surface area contributed by atoms with Crippen molar-refractivity contribution in [1.29, 1.82) is 0 Å². The van der Waals surface area contributed by atoms with Crippen molar-refractivity contribution >= 4 is 29.1 Å². The highest BCUT2D eigenvalue weighted by atomic mass is 32.2. The molecular weight excluding hydrogens is 750 g/mol. The number of halogens is 5. The van der Waals surface area contributed by atoms with Crippen LogP contribution in [0.3, 0.4) is 0 Å². The second-order valence-corrected chi connectivity index (χ2v) is 15.9. The Morgan fingerprint density at radius 3 is 2.66 bits per heavy atom. The first kappa shape index (κ1) is 39.5. The Morgan fingerprint density at radius 2 is 1.84 bits per heavy atom. The second kappa shape index (κ2) is 17.6. The fourth-order valence-corrected chi connectivity index (χ4v) is 9.23. The number of allylic oxidation sites excluding steroid dienone is 4. The Balaban J connectivity index is 0.845. The fourth-order valence-electron chi connectivity index (χ4n) is 7.58. The van der Waals surface area contributed by atoms with Crippen molar-refractivity contribution in [2.24, 2.45) is 5.92 Å². The van der Waals surface area contributed by atoms with Crippen molar-refractivity contribution in [3.05, 3.63) is 95.9 Å². The van der Waals surface area contributed by atoms with Crippen LogP contribution < -0.4 is 15.4 Å². The number of unbranched alkanes of at least 4 members (excludes halogenated alkanes) is 3. The number of imidazole rings is 1. The highest BCUT2D eigenvalue weighted by molar-refractivity contribution is 8.00. The van der Waals surface area contributed by atoms with Crippen LogP contribution in [0.5, 0.6) is 5.75 Å². The summed E-state index contributed by atoms with van der Waals surface area (Å²) < 4.78 is 78.5. The van der Waals surface area contributed by atoms with Crippen molar-refractivity contribution in [2.45, 2.75) is 88.0 Å². The number of aromatic nitrogens is 3. The number of rotatable bonds is 16. The lowest BCUT2D eigenvalue weighted by molar-refractivity contribution is -0.137. The first-order valence-electron chi connectivity index (χ1n) is 19.2. The lowest BCUT2D eigenvalue weighted by Gasteiger charge is -2.16. The fraction of sp³-hybridized carbons (Fsp3) is 0.429. The van der Waals surface area contributed by atoms with Crippen LogP contribution in [0.15, 0.2) is 78.9 Å². The van der Waals surface area contributed by atoms with Gasteiger partial charge in [0.1, 0.15) is 17.3 Å². The first-order chi connectivity index (χ1) is 27.0. The molecule has 7 rings (SSSR count). The number of hydrogen-bond donors (Lipinski definition) is 2. The van der Waals surface area contributed by atoms with Crippen LogP contribution >= 0.6 is 11.8 Å². The molecule has 0 spiro atoms. The molecule has 296 valence electrons. The molecule has 2 N–H and O–H groups in total. The van der Waals surface area contributed by atoms with Crippen molar-refractivity contribution < 1.29 is 36.3 Å². The minimum atomic E-state index is -4.60. The average molecular weight is 794 g/mol. The van der Waals surface area contributed by atoms with E-state index in [-0.39, 0.29) is 47.6 Å². The van der Waals surface area contributed by atoms with E-state index in [1.165, 1.54) is 12.1 Å². The van der Waals surface area contributed by atoms with Gasteiger partial charge in [0, 0.05) is 67.7 Å². The van der Waals surface area contributed by atoms with Crippen molar-refractivity contribution in [1.82, 2.24) is 25.2 Å². The van der Waals surface area contributed by atoms with Crippen molar-refractivity contribution in [3.63, 3.8) is 0 Å². The normalized spacial score (nSPS) is 20.8. The molecule has 56 heavy (non-hydrogen) atoms. The average Bonchev–Trinajstić information content (AvgIpc) is 3.88. The van der Waals surface area contributed by atoms with Crippen molar-refractivity contribution in [3.8, 4) is 28.3 Å².